The molecule has 0 atom stereocenters. The number of hydrogen-bond acceptors (Lipinski definition) is 4. The molecule has 1 aliphatic rings. The van der Waals surface area contributed by atoms with E-state index in [1.807, 2.05) is 4.90 Å². The molecule has 0 amide bonds. The van der Waals surface area contributed by atoms with Crippen LogP contribution in [0.15, 0.2) is 24.7 Å². The summed E-state index contributed by atoms with van der Waals surface area (Å²) in [6, 6.07) is 1.35. The van der Waals surface area contributed by atoms with Crippen molar-refractivity contribution in [1.29, 1.82) is 0 Å². The largest absolute Gasteiger partial charge is 0.356 e. The molecule has 0 N–H and O–H groups in total. The van der Waals surface area contributed by atoms with E-state index in [1.165, 1.54) is 17.0 Å². The Labute approximate surface area is 142 Å². The molecule has 3 heterocycles. The quantitative estimate of drug-likeness (QED) is 0.712. The van der Waals surface area contributed by atoms with Gasteiger partial charge in [-0.25, -0.2) is 18.2 Å². The van der Waals surface area contributed by atoms with Crippen LogP contribution in [-0.2, 0) is 0 Å². The zero-order valence-corrected chi connectivity index (χ0v) is 13.6. The van der Waals surface area contributed by atoms with Gasteiger partial charge in [0.25, 0.3) is 5.78 Å². The Kier molecular flexibility index (Phi) is 3.82. The van der Waals surface area contributed by atoms with Gasteiger partial charge in [0.15, 0.2) is 0 Å². The van der Waals surface area contributed by atoms with Crippen LogP contribution in [0.25, 0.3) is 16.9 Å². The maximum atomic E-state index is 14.4. The highest BCUT2D eigenvalue weighted by Crippen LogP contribution is 2.36. The highest BCUT2D eigenvalue weighted by molar-refractivity contribution is 5.77. The van der Waals surface area contributed by atoms with Crippen LogP contribution >= 0.6 is 0 Å². The van der Waals surface area contributed by atoms with Gasteiger partial charge in [-0.2, -0.15) is 14.6 Å². The minimum atomic E-state index is -0.967. The van der Waals surface area contributed by atoms with Crippen molar-refractivity contribution in [3.63, 3.8) is 0 Å². The molecular weight excluding hydrogens is 331 g/mol. The first-order chi connectivity index (χ1) is 12.0. The molecule has 0 bridgehead atoms. The van der Waals surface area contributed by atoms with Gasteiger partial charge in [0.2, 0.25) is 0 Å². The summed E-state index contributed by atoms with van der Waals surface area (Å²) >= 11 is 0. The molecule has 3 aromatic rings. The van der Waals surface area contributed by atoms with Gasteiger partial charge >= 0.3 is 0 Å². The van der Waals surface area contributed by atoms with Crippen molar-refractivity contribution in [2.75, 3.05) is 18.0 Å². The lowest BCUT2D eigenvalue weighted by Crippen LogP contribution is -2.34. The fourth-order valence-electron chi connectivity index (χ4n) is 3.27. The first-order valence-electron chi connectivity index (χ1n) is 8.13. The average Bonchev–Trinajstić information content (AvgIpc) is 3.03. The second kappa shape index (κ2) is 6.02. The van der Waals surface area contributed by atoms with Crippen molar-refractivity contribution in [1.82, 2.24) is 19.6 Å². The van der Waals surface area contributed by atoms with Crippen LogP contribution in [-0.4, -0.2) is 32.7 Å². The summed E-state index contributed by atoms with van der Waals surface area (Å²) in [5.41, 5.74) is -0.0672. The summed E-state index contributed by atoms with van der Waals surface area (Å²) in [6.07, 6.45) is 4.65. The summed E-state index contributed by atoms with van der Waals surface area (Å²) < 4.78 is 43.5. The molecule has 0 spiro atoms. The third-order valence-corrected chi connectivity index (χ3v) is 4.64. The van der Waals surface area contributed by atoms with Gasteiger partial charge in [0, 0.05) is 37.0 Å². The lowest BCUT2D eigenvalue weighted by molar-refractivity contribution is 0.435. The number of anilines is 1. The Morgan fingerprint density at radius 1 is 1.04 bits per heavy atom. The third-order valence-electron chi connectivity index (χ3n) is 4.64. The van der Waals surface area contributed by atoms with Crippen LogP contribution in [0.4, 0.5) is 19.0 Å². The second-order valence-electron chi connectivity index (χ2n) is 6.38. The summed E-state index contributed by atoms with van der Waals surface area (Å²) in [4.78, 5) is 10.2. The zero-order valence-electron chi connectivity index (χ0n) is 13.6. The molecule has 8 heteroatoms. The first kappa shape index (κ1) is 15.9. The van der Waals surface area contributed by atoms with Crippen molar-refractivity contribution in [2.45, 2.75) is 19.8 Å². The SMILES string of the molecule is CC1CCN(c2c(-c3c(F)cc(F)cc3F)cnc3ncnn23)CC1. The Hall–Kier alpha value is -2.64. The van der Waals surface area contributed by atoms with E-state index in [9.17, 15) is 13.2 Å². The summed E-state index contributed by atoms with van der Waals surface area (Å²) in [5, 5.41) is 4.16. The highest BCUT2D eigenvalue weighted by Gasteiger charge is 2.26. The summed E-state index contributed by atoms with van der Waals surface area (Å²) in [7, 11) is 0. The van der Waals surface area contributed by atoms with Gasteiger partial charge in [-0.3, -0.25) is 0 Å². The monoisotopic (exact) mass is 347 g/mol. The topological polar surface area (TPSA) is 46.3 Å². The Bertz CT molecular complexity index is 908. The molecule has 2 aromatic heterocycles. The molecule has 0 radical (unpaired) electrons. The number of benzene rings is 1. The lowest BCUT2D eigenvalue weighted by Gasteiger charge is -2.33. The van der Waals surface area contributed by atoms with Gasteiger partial charge in [-0.05, 0) is 18.8 Å². The van der Waals surface area contributed by atoms with E-state index in [1.54, 1.807) is 0 Å². The van der Waals surface area contributed by atoms with E-state index in [2.05, 4.69) is 22.0 Å². The minimum absolute atomic E-state index is 0.238. The zero-order chi connectivity index (χ0) is 17.6. The molecule has 0 aliphatic carbocycles. The predicted octanol–water partition coefficient (Wildman–Crippen LogP) is 3.44. The molecule has 0 unspecified atom stereocenters. The fourth-order valence-corrected chi connectivity index (χ4v) is 3.27. The van der Waals surface area contributed by atoms with Crippen LogP contribution < -0.4 is 4.90 Å². The second-order valence-corrected chi connectivity index (χ2v) is 6.38. The molecule has 5 nitrogen and oxygen atoms in total. The number of nitrogens with zero attached hydrogens (tertiary/aromatic N) is 5. The average molecular weight is 347 g/mol. The number of piperidine rings is 1. The molecule has 1 fully saturated rings. The number of aromatic nitrogens is 4. The van der Waals surface area contributed by atoms with Crippen molar-refractivity contribution in [3.05, 3.63) is 42.1 Å². The minimum Gasteiger partial charge on any atom is -0.356 e. The van der Waals surface area contributed by atoms with Crippen molar-refractivity contribution >= 4 is 11.6 Å². The molecule has 25 heavy (non-hydrogen) atoms. The lowest BCUT2D eigenvalue weighted by atomic mass is 9.98. The molecule has 0 saturated carbocycles. The van der Waals surface area contributed by atoms with E-state index >= 15 is 0 Å². The number of hydrogen-bond donors (Lipinski definition) is 0. The van der Waals surface area contributed by atoms with Crippen LogP contribution in [0.5, 0.6) is 0 Å². The normalized spacial score (nSPS) is 15.9. The summed E-state index contributed by atoms with van der Waals surface area (Å²) in [6.45, 7) is 3.64. The standard InChI is InChI=1S/C17H16F3N5/c1-10-2-4-24(5-3-10)16-12(8-21-17-22-9-23-25(16)17)15-13(19)6-11(18)7-14(15)20/h6-10H,2-5H2,1H3. The predicted molar refractivity (Wildman–Crippen MR) is 86.7 cm³/mol. The van der Waals surface area contributed by atoms with Gasteiger partial charge in [0.05, 0.1) is 5.56 Å². The number of rotatable bonds is 2. The van der Waals surface area contributed by atoms with Crippen LogP contribution in [0, 0.1) is 23.4 Å². The molecular formula is C17H16F3N5. The molecule has 1 aliphatic heterocycles. The van der Waals surface area contributed by atoms with Gasteiger partial charge in [-0.1, -0.05) is 6.92 Å². The van der Waals surface area contributed by atoms with E-state index in [0.717, 1.165) is 25.9 Å². The molecule has 1 saturated heterocycles. The highest BCUT2D eigenvalue weighted by atomic mass is 19.1. The Morgan fingerprint density at radius 3 is 2.40 bits per heavy atom. The van der Waals surface area contributed by atoms with E-state index in [-0.39, 0.29) is 11.1 Å². The molecule has 130 valence electrons. The Balaban J connectivity index is 1.94. The number of halogens is 3. The van der Waals surface area contributed by atoms with Gasteiger partial charge < -0.3 is 4.90 Å². The van der Waals surface area contributed by atoms with Crippen LogP contribution in [0.3, 0.4) is 0 Å². The van der Waals surface area contributed by atoms with Crippen molar-refractivity contribution in [3.8, 4) is 11.1 Å². The maximum Gasteiger partial charge on any atom is 0.254 e. The van der Waals surface area contributed by atoms with Crippen molar-refractivity contribution in [2.24, 2.45) is 5.92 Å². The smallest absolute Gasteiger partial charge is 0.254 e. The van der Waals surface area contributed by atoms with Gasteiger partial charge in [-0.15, -0.1) is 0 Å². The van der Waals surface area contributed by atoms with Crippen LogP contribution in [0.2, 0.25) is 0 Å². The first-order valence-corrected chi connectivity index (χ1v) is 8.13. The van der Waals surface area contributed by atoms with E-state index in [0.29, 0.717) is 29.6 Å². The number of fused-ring (bicyclic) bond motifs is 1. The molecule has 4 rings (SSSR count). The van der Waals surface area contributed by atoms with Gasteiger partial charge in [0.1, 0.15) is 29.6 Å². The van der Waals surface area contributed by atoms with E-state index < -0.39 is 17.5 Å². The maximum absolute atomic E-state index is 14.4. The fraction of sp³-hybridized carbons (Fsp3) is 0.353. The van der Waals surface area contributed by atoms with E-state index in [4.69, 9.17) is 0 Å². The third kappa shape index (κ3) is 2.71. The van der Waals surface area contributed by atoms with Crippen LogP contribution in [0.1, 0.15) is 19.8 Å². The Morgan fingerprint density at radius 2 is 1.72 bits per heavy atom. The van der Waals surface area contributed by atoms with Crippen molar-refractivity contribution < 1.29 is 13.2 Å². The molecule has 1 aromatic carbocycles. The summed E-state index contributed by atoms with van der Waals surface area (Å²) in [5.74, 6) is -1.43.